The number of thiocarbonyl (C=S) groups is 1. The minimum atomic E-state index is -0.479. The second kappa shape index (κ2) is 5.06. The van der Waals surface area contributed by atoms with Crippen LogP contribution in [0.3, 0.4) is 0 Å². The fourth-order valence-corrected chi connectivity index (χ4v) is 3.31. The van der Waals surface area contributed by atoms with Crippen molar-refractivity contribution in [3.05, 3.63) is 56.8 Å². The van der Waals surface area contributed by atoms with Crippen LogP contribution in [-0.2, 0) is 5.66 Å². The van der Waals surface area contributed by atoms with Gasteiger partial charge in [-0.2, -0.15) is 5.43 Å². The maximum absolute atomic E-state index is 10.7. The van der Waals surface area contributed by atoms with Crippen LogP contribution in [0.4, 0.5) is 11.4 Å². The molecule has 1 aliphatic rings. The van der Waals surface area contributed by atoms with Crippen LogP contribution < -0.4 is 15.8 Å². The van der Waals surface area contributed by atoms with Crippen LogP contribution >= 0.6 is 23.6 Å². The minimum Gasteiger partial charge on any atom is -0.337 e. The Balaban J connectivity index is 1.87. The molecule has 2 heterocycles. The summed E-state index contributed by atoms with van der Waals surface area (Å²) in [6, 6.07) is 10.2. The topological polar surface area (TPSA) is 70.4 Å². The van der Waals surface area contributed by atoms with Gasteiger partial charge in [0.15, 0.2) is 5.11 Å². The lowest BCUT2D eigenvalue weighted by atomic mass is 10.2. The maximum Gasteiger partial charge on any atom is 0.269 e. The first-order valence-corrected chi connectivity index (χ1v) is 7.47. The second-order valence-corrected chi connectivity index (χ2v) is 6.09. The second-order valence-electron chi connectivity index (χ2n) is 4.75. The summed E-state index contributed by atoms with van der Waals surface area (Å²) in [4.78, 5) is 11.4. The van der Waals surface area contributed by atoms with Gasteiger partial charge in [-0.3, -0.25) is 10.1 Å². The number of nitrogens with one attached hydrogen (secondary N) is 2. The van der Waals surface area contributed by atoms with Gasteiger partial charge in [-0.05, 0) is 42.7 Å². The quantitative estimate of drug-likeness (QED) is 0.515. The third kappa shape index (κ3) is 2.48. The summed E-state index contributed by atoms with van der Waals surface area (Å²) < 4.78 is 0. The number of hydrogen-bond acceptors (Lipinski definition) is 5. The molecule has 6 nitrogen and oxygen atoms in total. The highest BCUT2D eigenvalue weighted by molar-refractivity contribution is 7.80. The van der Waals surface area contributed by atoms with Crippen molar-refractivity contribution in [3.63, 3.8) is 0 Å². The zero-order valence-electron chi connectivity index (χ0n) is 11.1. The van der Waals surface area contributed by atoms with Crippen LogP contribution in [0.2, 0.25) is 0 Å². The van der Waals surface area contributed by atoms with Gasteiger partial charge in [0, 0.05) is 17.0 Å². The molecule has 0 radical (unpaired) electrons. The molecule has 8 heteroatoms. The molecule has 1 unspecified atom stereocenters. The van der Waals surface area contributed by atoms with E-state index < -0.39 is 10.6 Å². The molecule has 1 atom stereocenters. The summed E-state index contributed by atoms with van der Waals surface area (Å²) in [7, 11) is 0. The van der Waals surface area contributed by atoms with E-state index in [-0.39, 0.29) is 5.69 Å². The van der Waals surface area contributed by atoms with E-state index >= 15 is 0 Å². The molecule has 0 spiro atoms. The molecule has 2 N–H and O–H groups in total. The van der Waals surface area contributed by atoms with Gasteiger partial charge in [-0.15, -0.1) is 11.3 Å². The monoisotopic (exact) mass is 320 g/mol. The number of benzene rings is 1. The Hall–Kier alpha value is -2.03. The third-order valence-electron chi connectivity index (χ3n) is 3.23. The Morgan fingerprint density at radius 3 is 2.62 bits per heavy atom. The van der Waals surface area contributed by atoms with Gasteiger partial charge >= 0.3 is 0 Å². The van der Waals surface area contributed by atoms with Crippen molar-refractivity contribution in [3.8, 4) is 0 Å². The molecule has 3 rings (SSSR count). The Bertz CT molecular complexity index is 687. The van der Waals surface area contributed by atoms with Gasteiger partial charge in [-0.1, -0.05) is 6.07 Å². The van der Waals surface area contributed by atoms with Crippen LogP contribution in [-0.4, -0.2) is 10.0 Å². The van der Waals surface area contributed by atoms with Crippen molar-refractivity contribution in [2.45, 2.75) is 12.6 Å². The lowest BCUT2D eigenvalue weighted by Gasteiger charge is -2.24. The van der Waals surface area contributed by atoms with E-state index in [1.54, 1.807) is 28.5 Å². The van der Waals surface area contributed by atoms with Crippen molar-refractivity contribution in [2.75, 3.05) is 5.01 Å². The first-order chi connectivity index (χ1) is 9.99. The van der Waals surface area contributed by atoms with E-state index in [2.05, 4.69) is 10.7 Å². The standard InChI is InChI=1S/C13H12N4O2S2/c1-13(11-3-2-8-21-11)14-12(20)16(15-13)9-4-6-10(7-5-9)17(18)19/h2-8,15H,1H3,(H,14,20). The number of hydrazine groups is 1. The van der Waals surface area contributed by atoms with E-state index in [0.29, 0.717) is 5.11 Å². The number of nitro groups is 1. The first-order valence-electron chi connectivity index (χ1n) is 6.18. The number of nitrogens with zero attached hydrogens (tertiary/aromatic N) is 2. The molecule has 1 aliphatic heterocycles. The summed E-state index contributed by atoms with van der Waals surface area (Å²) in [6.07, 6.45) is 0. The molecular weight excluding hydrogens is 308 g/mol. The van der Waals surface area contributed by atoms with E-state index in [4.69, 9.17) is 12.2 Å². The molecule has 108 valence electrons. The predicted molar refractivity (Wildman–Crippen MR) is 86.1 cm³/mol. The molecule has 21 heavy (non-hydrogen) atoms. The molecule has 1 fully saturated rings. The van der Waals surface area contributed by atoms with Gasteiger partial charge in [0.05, 0.1) is 10.6 Å². The zero-order chi connectivity index (χ0) is 15.0. The Morgan fingerprint density at radius 2 is 2.05 bits per heavy atom. The largest absolute Gasteiger partial charge is 0.337 e. The predicted octanol–water partition coefficient (Wildman–Crippen LogP) is 2.73. The number of thiophene rings is 1. The Labute approximate surface area is 130 Å². The number of non-ortho nitro benzene ring substituents is 1. The zero-order valence-corrected chi connectivity index (χ0v) is 12.7. The van der Waals surface area contributed by atoms with E-state index in [0.717, 1.165) is 10.6 Å². The fourth-order valence-electron chi connectivity index (χ4n) is 2.16. The molecular formula is C13H12N4O2S2. The highest BCUT2D eigenvalue weighted by Crippen LogP contribution is 2.29. The van der Waals surface area contributed by atoms with E-state index in [1.165, 1.54) is 12.1 Å². The maximum atomic E-state index is 10.7. The smallest absolute Gasteiger partial charge is 0.269 e. The van der Waals surface area contributed by atoms with Gasteiger partial charge in [0.25, 0.3) is 5.69 Å². The van der Waals surface area contributed by atoms with Crippen molar-refractivity contribution < 1.29 is 4.92 Å². The molecule has 0 aliphatic carbocycles. The highest BCUT2D eigenvalue weighted by Gasteiger charge is 2.38. The SMILES string of the molecule is CC1(c2cccs2)NC(=S)N(c2ccc([N+](=O)[O-])cc2)N1. The average molecular weight is 320 g/mol. The van der Waals surface area contributed by atoms with Crippen molar-refractivity contribution in [1.29, 1.82) is 0 Å². The fraction of sp³-hybridized carbons (Fsp3) is 0.154. The molecule has 0 amide bonds. The molecule has 2 aromatic rings. The van der Waals surface area contributed by atoms with E-state index in [1.807, 2.05) is 24.4 Å². The van der Waals surface area contributed by atoms with Crippen LogP contribution in [0, 0.1) is 10.1 Å². The normalized spacial score (nSPS) is 21.4. The summed E-state index contributed by atoms with van der Waals surface area (Å²) in [5.41, 5.74) is 3.63. The molecule has 0 saturated carbocycles. The Kier molecular flexibility index (Phi) is 3.36. The first kappa shape index (κ1) is 13.9. The van der Waals surface area contributed by atoms with Crippen molar-refractivity contribution in [1.82, 2.24) is 10.7 Å². The molecule has 1 saturated heterocycles. The van der Waals surface area contributed by atoms with Gasteiger partial charge in [0.1, 0.15) is 5.66 Å². The average Bonchev–Trinajstić information content (AvgIpc) is 3.08. The molecule has 1 aromatic carbocycles. The lowest BCUT2D eigenvalue weighted by molar-refractivity contribution is -0.384. The number of rotatable bonds is 3. The molecule has 0 bridgehead atoms. The van der Waals surface area contributed by atoms with Crippen molar-refractivity contribution in [2.24, 2.45) is 0 Å². The third-order valence-corrected chi connectivity index (χ3v) is 4.60. The Morgan fingerprint density at radius 1 is 1.33 bits per heavy atom. The summed E-state index contributed by atoms with van der Waals surface area (Å²) in [5, 5.41) is 18.2. The van der Waals surface area contributed by atoms with Crippen LogP contribution in [0.15, 0.2) is 41.8 Å². The van der Waals surface area contributed by atoms with Gasteiger partial charge in [0.2, 0.25) is 0 Å². The van der Waals surface area contributed by atoms with Crippen LogP contribution in [0.5, 0.6) is 0 Å². The van der Waals surface area contributed by atoms with E-state index in [9.17, 15) is 10.1 Å². The summed E-state index contributed by atoms with van der Waals surface area (Å²) >= 11 is 6.98. The van der Waals surface area contributed by atoms with Gasteiger partial charge in [-0.25, -0.2) is 5.01 Å². The van der Waals surface area contributed by atoms with Gasteiger partial charge < -0.3 is 5.32 Å². The number of hydrogen-bond donors (Lipinski definition) is 2. The number of nitro benzene ring substituents is 1. The van der Waals surface area contributed by atoms with Crippen LogP contribution in [0.1, 0.15) is 11.8 Å². The highest BCUT2D eigenvalue weighted by atomic mass is 32.1. The lowest BCUT2D eigenvalue weighted by Crippen LogP contribution is -2.45. The summed E-state index contributed by atoms with van der Waals surface area (Å²) in [5.74, 6) is 0. The summed E-state index contributed by atoms with van der Waals surface area (Å²) in [6.45, 7) is 2.00. The molecule has 1 aromatic heterocycles. The minimum absolute atomic E-state index is 0.0536. The number of anilines is 1. The van der Waals surface area contributed by atoms with Crippen molar-refractivity contribution >= 4 is 40.0 Å². The van der Waals surface area contributed by atoms with Crippen LogP contribution in [0.25, 0.3) is 0 Å².